The summed E-state index contributed by atoms with van der Waals surface area (Å²) in [5, 5.41) is 22.6. The average molecular weight is 663 g/mol. The number of amides is 1. The number of carboxylic acids is 1. The Morgan fingerprint density at radius 3 is 2.37 bits per heavy atom. The first kappa shape index (κ1) is 33.3. The number of halogens is 4. The van der Waals surface area contributed by atoms with Crippen LogP contribution in [0.5, 0.6) is 11.6 Å². The van der Waals surface area contributed by atoms with Gasteiger partial charge in [0.15, 0.2) is 0 Å². The molecule has 4 rings (SSSR count). The molecule has 0 bridgehead atoms. The van der Waals surface area contributed by atoms with E-state index in [1.165, 1.54) is 12.5 Å². The number of rotatable bonds is 7. The van der Waals surface area contributed by atoms with Gasteiger partial charge in [-0.05, 0) is 83.6 Å². The van der Waals surface area contributed by atoms with Gasteiger partial charge in [0.05, 0.1) is 22.3 Å². The van der Waals surface area contributed by atoms with Crippen LogP contribution >= 0.6 is 15.9 Å². The van der Waals surface area contributed by atoms with Crippen molar-refractivity contribution in [3.8, 4) is 17.7 Å². The molecular formula is C29H30BrF3N6O4. The van der Waals surface area contributed by atoms with Crippen LogP contribution in [0.25, 0.3) is 0 Å². The molecule has 1 aliphatic rings. The maximum atomic E-state index is 11.3. The highest BCUT2D eigenvalue weighted by molar-refractivity contribution is 9.10. The van der Waals surface area contributed by atoms with Crippen LogP contribution < -0.4 is 15.4 Å². The van der Waals surface area contributed by atoms with E-state index < -0.39 is 12.1 Å². The predicted molar refractivity (Wildman–Crippen MR) is 157 cm³/mol. The zero-order chi connectivity index (χ0) is 31.7. The van der Waals surface area contributed by atoms with Crippen molar-refractivity contribution in [3.63, 3.8) is 0 Å². The Morgan fingerprint density at radius 1 is 1.19 bits per heavy atom. The lowest BCUT2D eigenvalue weighted by Gasteiger charge is -2.32. The number of likely N-dealkylation sites (tertiary alicyclic amines) is 1. The van der Waals surface area contributed by atoms with Gasteiger partial charge in [-0.1, -0.05) is 12.1 Å². The summed E-state index contributed by atoms with van der Waals surface area (Å²) in [5.41, 5.74) is 4.36. The Balaban J connectivity index is 0.000000646. The summed E-state index contributed by atoms with van der Waals surface area (Å²) in [6, 6.07) is 14.0. The van der Waals surface area contributed by atoms with E-state index in [2.05, 4.69) is 53.6 Å². The van der Waals surface area contributed by atoms with E-state index in [4.69, 9.17) is 14.6 Å². The number of hydrogen-bond acceptors (Lipinski definition) is 8. The van der Waals surface area contributed by atoms with Crippen LogP contribution in [-0.2, 0) is 16.1 Å². The van der Waals surface area contributed by atoms with E-state index in [0.29, 0.717) is 27.6 Å². The van der Waals surface area contributed by atoms with Gasteiger partial charge in [-0.3, -0.25) is 9.69 Å². The number of alkyl halides is 3. The van der Waals surface area contributed by atoms with Gasteiger partial charge < -0.3 is 20.5 Å². The van der Waals surface area contributed by atoms with Crippen LogP contribution in [0.4, 0.5) is 24.8 Å². The summed E-state index contributed by atoms with van der Waals surface area (Å²) in [7, 11) is 0. The monoisotopic (exact) mass is 662 g/mol. The number of benzene rings is 2. The molecule has 228 valence electrons. The Morgan fingerprint density at radius 2 is 1.81 bits per heavy atom. The number of aryl methyl sites for hydroxylation is 2. The number of anilines is 2. The third-order valence-electron chi connectivity index (χ3n) is 6.32. The second-order valence-electron chi connectivity index (χ2n) is 9.88. The summed E-state index contributed by atoms with van der Waals surface area (Å²) in [6.45, 7) is 8.10. The number of piperidine rings is 1. The summed E-state index contributed by atoms with van der Waals surface area (Å²) in [5.74, 6) is -1.17. The fraction of sp³-hybridized carbons (Fsp3) is 0.345. The minimum absolute atomic E-state index is 0.0649. The number of carboxylic acid groups (broad SMARTS) is 1. The zero-order valence-electron chi connectivity index (χ0n) is 23.6. The van der Waals surface area contributed by atoms with Gasteiger partial charge in [-0.15, -0.1) is 0 Å². The largest absolute Gasteiger partial charge is 0.490 e. The second kappa shape index (κ2) is 14.8. The molecule has 0 spiro atoms. The van der Waals surface area contributed by atoms with Crippen LogP contribution in [-0.4, -0.2) is 57.2 Å². The Hall–Kier alpha value is -4.22. The van der Waals surface area contributed by atoms with Crippen molar-refractivity contribution in [2.24, 2.45) is 0 Å². The summed E-state index contributed by atoms with van der Waals surface area (Å²) in [6.07, 6.45) is -1.46. The van der Waals surface area contributed by atoms with Crippen LogP contribution in [0.2, 0.25) is 0 Å². The van der Waals surface area contributed by atoms with Crippen molar-refractivity contribution in [3.05, 3.63) is 69.3 Å². The highest BCUT2D eigenvalue weighted by Gasteiger charge is 2.38. The third kappa shape index (κ3) is 10.2. The van der Waals surface area contributed by atoms with Gasteiger partial charge in [-0.25, -0.2) is 9.78 Å². The molecule has 1 amide bonds. The lowest BCUT2D eigenvalue weighted by Crippen LogP contribution is -2.39. The smallest absolute Gasteiger partial charge is 0.475 e. The minimum atomic E-state index is -5.08. The number of aromatic nitrogens is 2. The van der Waals surface area contributed by atoms with E-state index in [1.54, 1.807) is 18.3 Å². The van der Waals surface area contributed by atoms with E-state index in [0.717, 1.165) is 49.3 Å². The molecule has 0 atom stereocenters. The number of aliphatic carboxylic acids is 1. The van der Waals surface area contributed by atoms with Crippen molar-refractivity contribution in [1.82, 2.24) is 14.9 Å². The lowest BCUT2D eigenvalue weighted by atomic mass is 10.0. The van der Waals surface area contributed by atoms with Gasteiger partial charge in [0.1, 0.15) is 5.75 Å². The van der Waals surface area contributed by atoms with Gasteiger partial charge in [0.25, 0.3) is 0 Å². The highest BCUT2D eigenvalue weighted by Crippen LogP contribution is 2.33. The number of nitrogens with one attached hydrogen (secondary N) is 2. The topological polar surface area (TPSA) is 140 Å². The maximum Gasteiger partial charge on any atom is 0.490 e. The van der Waals surface area contributed by atoms with Gasteiger partial charge in [-0.2, -0.15) is 23.4 Å². The fourth-order valence-corrected chi connectivity index (χ4v) is 4.66. The Kier molecular flexibility index (Phi) is 11.4. The van der Waals surface area contributed by atoms with E-state index >= 15 is 0 Å². The molecule has 0 unspecified atom stereocenters. The molecule has 1 aliphatic heterocycles. The fourth-order valence-electron chi connectivity index (χ4n) is 4.39. The molecule has 0 radical (unpaired) electrons. The molecule has 3 N–H and O–H groups in total. The number of carbonyl (C=O) groups is 2. The van der Waals surface area contributed by atoms with Crippen LogP contribution in [0.3, 0.4) is 0 Å². The van der Waals surface area contributed by atoms with Crippen LogP contribution in [0, 0.1) is 25.2 Å². The van der Waals surface area contributed by atoms with Gasteiger partial charge in [0, 0.05) is 38.3 Å². The molecule has 0 aliphatic carbocycles. The van der Waals surface area contributed by atoms with Crippen molar-refractivity contribution in [2.45, 2.75) is 52.4 Å². The van der Waals surface area contributed by atoms with Crippen molar-refractivity contribution in [2.75, 3.05) is 23.7 Å². The van der Waals surface area contributed by atoms with Crippen LogP contribution in [0.15, 0.2) is 47.1 Å². The molecule has 2 heterocycles. The highest BCUT2D eigenvalue weighted by atomic mass is 79.9. The average Bonchev–Trinajstić information content (AvgIpc) is 2.93. The lowest BCUT2D eigenvalue weighted by molar-refractivity contribution is -0.192. The number of carbonyl (C=O) groups excluding carboxylic acids is 1. The van der Waals surface area contributed by atoms with E-state index in [9.17, 15) is 23.2 Å². The van der Waals surface area contributed by atoms with Crippen molar-refractivity contribution < 1.29 is 32.6 Å². The molecule has 14 heteroatoms. The molecule has 2 aromatic carbocycles. The first-order valence-electron chi connectivity index (χ1n) is 13.1. The molecule has 3 aromatic rings. The number of nitrogens with zero attached hydrogens (tertiary/aromatic N) is 4. The Bertz CT molecular complexity index is 1480. The third-order valence-corrected chi connectivity index (χ3v) is 6.86. The minimum Gasteiger partial charge on any atom is -0.475 e. The van der Waals surface area contributed by atoms with Crippen molar-refractivity contribution >= 4 is 39.4 Å². The van der Waals surface area contributed by atoms with E-state index in [1.807, 2.05) is 32.0 Å². The molecular weight excluding hydrogens is 633 g/mol. The molecule has 1 saturated heterocycles. The van der Waals surface area contributed by atoms with Gasteiger partial charge >= 0.3 is 12.1 Å². The number of hydrogen-bond donors (Lipinski definition) is 3. The molecule has 1 fully saturated rings. The van der Waals surface area contributed by atoms with Crippen LogP contribution in [0.1, 0.15) is 42.0 Å². The normalized spacial score (nSPS) is 13.7. The molecule has 43 heavy (non-hydrogen) atoms. The first-order valence-corrected chi connectivity index (χ1v) is 13.9. The zero-order valence-corrected chi connectivity index (χ0v) is 25.2. The predicted octanol–water partition coefficient (Wildman–Crippen LogP) is 6.19. The van der Waals surface area contributed by atoms with Gasteiger partial charge in [0.2, 0.25) is 17.7 Å². The number of ether oxygens (including phenoxy) is 1. The maximum absolute atomic E-state index is 11.3. The molecule has 0 saturated carbocycles. The summed E-state index contributed by atoms with van der Waals surface area (Å²) >= 11 is 3.49. The first-order chi connectivity index (χ1) is 20.2. The molecule has 1 aromatic heterocycles. The standard InChI is InChI=1S/C27H29BrN6O2.C2HF3O2/c1-17-11-21(14-29)12-18(2)25(17)36-26-24(28)15-30-27(33-26)32-22-7-9-34(10-8-22)16-20-5-4-6-23(13-20)31-19(3)35;3-2(4,5)1(6)7/h4-6,11-13,15,22H,7-10,16H2,1-3H3,(H,31,35)(H,30,32,33);(H,6,7). The second-order valence-corrected chi connectivity index (χ2v) is 10.7. The van der Waals surface area contributed by atoms with Crippen molar-refractivity contribution in [1.29, 1.82) is 5.26 Å². The Labute approximate surface area is 255 Å². The SMILES string of the molecule is CC(=O)Nc1cccc(CN2CCC(Nc3ncc(Br)c(Oc4c(C)cc(C#N)cc4C)n3)CC2)c1.O=C(O)C(F)(F)F. The quantitative estimate of drug-likeness (QED) is 0.270. The summed E-state index contributed by atoms with van der Waals surface area (Å²) < 4.78 is 38.5. The van der Waals surface area contributed by atoms with E-state index in [-0.39, 0.29) is 11.9 Å². The number of nitriles is 1. The molecule has 10 nitrogen and oxygen atoms in total. The summed E-state index contributed by atoms with van der Waals surface area (Å²) in [4.78, 5) is 31.7.